The molecule has 2 amide bonds. The van der Waals surface area contributed by atoms with Crippen LogP contribution in [-0.4, -0.2) is 40.2 Å². The van der Waals surface area contributed by atoms with Crippen molar-refractivity contribution in [3.8, 4) is 27.4 Å². The highest BCUT2D eigenvalue weighted by molar-refractivity contribution is 7.16. The second kappa shape index (κ2) is 7.77. The van der Waals surface area contributed by atoms with E-state index < -0.39 is 0 Å². The summed E-state index contributed by atoms with van der Waals surface area (Å²) in [5, 5.41) is 24.8. The number of phenolic OH excluding ortho intramolecular Hbond substituents is 1. The molecule has 4 rings (SSSR count). The lowest BCUT2D eigenvalue weighted by Gasteiger charge is -2.15. The number of nitrogens with two attached hydrogens (primary N) is 1. The number of anilines is 1. The molecule has 2 heterocycles. The van der Waals surface area contributed by atoms with Crippen molar-refractivity contribution in [1.82, 2.24) is 15.6 Å². The van der Waals surface area contributed by atoms with Gasteiger partial charge in [0.05, 0.1) is 24.1 Å². The van der Waals surface area contributed by atoms with Crippen LogP contribution in [0.4, 0.5) is 5.69 Å². The van der Waals surface area contributed by atoms with Gasteiger partial charge in [0.2, 0.25) is 0 Å². The molecule has 0 unspecified atom stereocenters. The maximum absolute atomic E-state index is 12.5. The lowest BCUT2D eigenvalue weighted by atomic mass is 9.91. The first kappa shape index (κ1) is 19.9. The van der Waals surface area contributed by atoms with Crippen molar-refractivity contribution in [2.75, 3.05) is 18.9 Å². The number of amides is 2. The van der Waals surface area contributed by atoms with Crippen molar-refractivity contribution < 1.29 is 19.8 Å². The van der Waals surface area contributed by atoms with Gasteiger partial charge in [-0.25, -0.2) is 4.98 Å². The number of nitrogens with zero attached hydrogens (tertiary/aromatic N) is 1. The van der Waals surface area contributed by atoms with Crippen LogP contribution in [0.2, 0.25) is 0 Å². The number of nitrogen functional groups attached to an aromatic ring is 1. The summed E-state index contributed by atoms with van der Waals surface area (Å²) in [5.74, 6) is -0.488. The molecule has 0 atom stereocenters. The number of carbonyl (C=O) groups is 2. The third-order valence-corrected chi connectivity index (χ3v) is 6.03. The van der Waals surface area contributed by atoms with Crippen LogP contribution < -0.4 is 16.4 Å². The van der Waals surface area contributed by atoms with Crippen LogP contribution in [0.3, 0.4) is 0 Å². The van der Waals surface area contributed by atoms with Crippen LogP contribution in [0.15, 0.2) is 30.5 Å². The van der Waals surface area contributed by atoms with E-state index in [1.54, 1.807) is 18.2 Å². The van der Waals surface area contributed by atoms with Gasteiger partial charge in [0.15, 0.2) is 0 Å². The summed E-state index contributed by atoms with van der Waals surface area (Å²) < 4.78 is 0. The standard InChI is InChI=1S/C21H20N4O4S/c1-10-2-3-11(27)6-12(10)13-7-14(15-8-24-20(29)17(15)18(13)22)21-25-9-16(30-21)19(28)23-4-5-26/h2-3,6-7,9,26-27H,4-5,8,22H2,1H3,(H,23,28)(H,24,29). The molecule has 0 aliphatic carbocycles. The SMILES string of the molecule is Cc1ccc(O)cc1-c1cc(-c2ncc(C(=O)NCCO)s2)c2c(c1N)C(=O)NC2. The summed E-state index contributed by atoms with van der Waals surface area (Å²) >= 11 is 1.19. The Morgan fingerprint density at radius 1 is 1.30 bits per heavy atom. The van der Waals surface area contributed by atoms with E-state index in [-0.39, 0.29) is 30.7 Å². The van der Waals surface area contributed by atoms with E-state index in [1.807, 2.05) is 13.0 Å². The average molecular weight is 424 g/mol. The zero-order valence-electron chi connectivity index (χ0n) is 16.2. The molecule has 0 fully saturated rings. The second-order valence-electron chi connectivity index (χ2n) is 6.93. The normalized spacial score (nSPS) is 12.5. The number of aryl methyl sites for hydroxylation is 1. The quantitative estimate of drug-likeness (QED) is 0.398. The second-order valence-corrected chi connectivity index (χ2v) is 7.96. The fourth-order valence-corrected chi connectivity index (χ4v) is 4.39. The number of nitrogens with one attached hydrogen (secondary N) is 2. The molecule has 1 aliphatic rings. The number of thiazole rings is 1. The number of aliphatic hydroxyl groups is 1. The maximum atomic E-state index is 12.5. The number of aromatic nitrogens is 1. The summed E-state index contributed by atoms with van der Waals surface area (Å²) in [5.41, 5.74) is 10.8. The molecule has 0 bridgehead atoms. The van der Waals surface area contributed by atoms with Crippen LogP contribution in [0.25, 0.3) is 21.7 Å². The summed E-state index contributed by atoms with van der Waals surface area (Å²) in [6.07, 6.45) is 1.47. The van der Waals surface area contributed by atoms with Gasteiger partial charge in [-0.2, -0.15) is 0 Å². The molecule has 0 saturated heterocycles. The van der Waals surface area contributed by atoms with Crippen LogP contribution in [-0.2, 0) is 6.54 Å². The van der Waals surface area contributed by atoms with Gasteiger partial charge in [-0.05, 0) is 41.8 Å². The smallest absolute Gasteiger partial charge is 0.263 e. The molecule has 30 heavy (non-hydrogen) atoms. The van der Waals surface area contributed by atoms with E-state index in [9.17, 15) is 14.7 Å². The van der Waals surface area contributed by atoms with Crippen molar-refractivity contribution in [1.29, 1.82) is 0 Å². The number of benzene rings is 2. The van der Waals surface area contributed by atoms with Crippen LogP contribution in [0, 0.1) is 6.92 Å². The number of hydrogen-bond donors (Lipinski definition) is 5. The van der Waals surface area contributed by atoms with E-state index >= 15 is 0 Å². The number of aromatic hydroxyl groups is 1. The maximum Gasteiger partial charge on any atom is 0.263 e. The Hall–Kier alpha value is -3.43. The van der Waals surface area contributed by atoms with Crippen molar-refractivity contribution in [2.45, 2.75) is 13.5 Å². The number of fused-ring (bicyclic) bond motifs is 1. The molecule has 0 spiro atoms. The summed E-state index contributed by atoms with van der Waals surface area (Å²) in [4.78, 5) is 29.5. The predicted octanol–water partition coefficient (Wildman–Crippen LogP) is 2.04. The fourth-order valence-electron chi connectivity index (χ4n) is 3.52. The number of phenols is 1. The fraction of sp³-hybridized carbons (Fsp3) is 0.190. The molecule has 6 N–H and O–H groups in total. The molecule has 0 radical (unpaired) electrons. The largest absolute Gasteiger partial charge is 0.508 e. The van der Waals surface area contributed by atoms with Gasteiger partial charge in [0.25, 0.3) is 11.8 Å². The van der Waals surface area contributed by atoms with E-state index in [0.29, 0.717) is 44.4 Å². The summed E-state index contributed by atoms with van der Waals surface area (Å²) in [6.45, 7) is 2.22. The molecule has 154 valence electrons. The molecule has 0 saturated carbocycles. The van der Waals surface area contributed by atoms with Crippen LogP contribution in [0.5, 0.6) is 5.75 Å². The van der Waals surface area contributed by atoms with Gasteiger partial charge in [-0.1, -0.05) is 6.07 Å². The van der Waals surface area contributed by atoms with Gasteiger partial charge in [-0.3, -0.25) is 9.59 Å². The summed E-state index contributed by atoms with van der Waals surface area (Å²) in [7, 11) is 0. The van der Waals surface area contributed by atoms with E-state index in [0.717, 1.165) is 11.1 Å². The first-order chi connectivity index (χ1) is 14.4. The highest BCUT2D eigenvalue weighted by Gasteiger charge is 2.29. The Morgan fingerprint density at radius 3 is 2.87 bits per heavy atom. The van der Waals surface area contributed by atoms with Gasteiger partial charge >= 0.3 is 0 Å². The lowest BCUT2D eigenvalue weighted by Crippen LogP contribution is -2.25. The van der Waals surface area contributed by atoms with Gasteiger partial charge in [0.1, 0.15) is 15.6 Å². The molecule has 2 aromatic carbocycles. The molecule has 3 aromatic rings. The molecule has 1 aliphatic heterocycles. The minimum atomic E-state index is -0.321. The third-order valence-electron chi connectivity index (χ3n) is 5.00. The molecular weight excluding hydrogens is 404 g/mol. The first-order valence-electron chi connectivity index (χ1n) is 9.29. The monoisotopic (exact) mass is 424 g/mol. The number of rotatable bonds is 5. The Kier molecular flexibility index (Phi) is 5.15. The average Bonchev–Trinajstić information content (AvgIpc) is 3.36. The van der Waals surface area contributed by atoms with Crippen molar-refractivity contribution in [3.05, 3.63) is 52.0 Å². The number of aliphatic hydroxyl groups excluding tert-OH is 1. The van der Waals surface area contributed by atoms with Gasteiger partial charge in [0, 0.05) is 24.2 Å². The zero-order chi connectivity index (χ0) is 21.4. The minimum Gasteiger partial charge on any atom is -0.508 e. The Balaban J connectivity index is 1.87. The van der Waals surface area contributed by atoms with Crippen molar-refractivity contribution in [3.63, 3.8) is 0 Å². The van der Waals surface area contributed by atoms with E-state index in [4.69, 9.17) is 10.8 Å². The molecule has 9 heteroatoms. The Labute approximate surface area is 176 Å². The highest BCUT2D eigenvalue weighted by atomic mass is 32.1. The molecule has 8 nitrogen and oxygen atoms in total. The number of hydrogen-bond acceptors (Lipinski definition) is 7. The summed E-state index contributed by atoms with van der Waals surface area (Å²) in [6, 6.07) is 6.84. The third kappa shape index (κ3) is 3.38. The predicted molar refractivity (Wildman–Crippen MR) is 114 cm³/mol. The van der Waals surface area contributed by atoms with Crippen molar-refractivity contribution >= 4 is 28.8 Å². The van der Waals surface area contributed by atoms with Gasteiger partial charge in [-0.15, -0.1) is 11.3 Å². The van der Waals surface area contributed by atoms with Gasteiger partial charge < -0.3 is 26.6 Å². The van der Waals surface area contributed by atoms with E-state index in [2.05, 4.69) is 15.6 Å². The number of carbonyl (C=O) groups excluding carboxylic acids is 2. The Bertz CT molecular complexity index is 1170. The highest BCUT2D eigenvalue weighted by Crippen LogP contribution is 2.42. The molecular formula is C21H20N4O4S. The topological polar surface area (TPSA) is 138 Å². The van der Waals surface area contributed by atoms with Crippen LogP contribution in [0.1, 0.15) is 31.2 Å². The minimum absolute atomic E-state index is 0.0959. The zero-order valence-corrected chi connectivity index (χ0v) is 17.0. The lowest BCUT2D eigenvalue weighted by molar-refractivity contribution is 0.0945. The Morgan fingerprint density at radius 2 is 2.10 bits per heavy atom. The molecule has 1 aromatic heterocycles. The first-order valence-corrected chi connectivity index (χ1v) is 10.1. The van der Waals surface area contributed by atoms with E-state index in [1.165, 1.54) is 17.5 Å². The van der Waals surface area contributed by atoms with Crippen molar-refractivity contribution in [2.24, 2.45) is 0 Å². The van der Waals surface area contributed by atoms with Crippen LogP contribution >= 0.6 is 11.3 Å².